The third kappa shape index (κ3) is 2.08. The largest absolute Gasteiger partial charge is 0.478 e. The summed E-state index contributed by atoms with van der Waals surface area (Å²) in [6, 6.07) is 11.0. The molecule has 4 nitrogen and oxygen atoms in total. The van der Waals surface area contributed by atoms with E-state index >= 15 is 0 Å². The van der Waals surface area contributed by atoms with Gasteiger partial charge in [0.25, 0.3) is 0 Å². The van der Waals surface area contributed by atoms with Gasteiger partial charge in [0, 0.05) is 11.6 Å². The number of carboxylic acids is 1. The highest BCUT2D eigenvalue weighted by Gasteiger charge is 2.09. The standard InChI is InChI=1S/C15H11NO3/c1-9-2-5-13-11(6-9)7-14(19-13)12-4-3-10(8-16-12)15(17)18/h2-8H,1H3,(H,17,18). The molecule has 0 aliphatic rings. The van der Waals surface area contributed by atoms with Crippen LogP contribution in [0.1, 0.15) is 15.9 Å². The average molecular weight is 253 g/mol. The van der Waals surface area contributed by atoms with Crippen LogP contribution in [-0.2, 0) is 0 Å². The topological polar surface area (TPSA) is 63.3 Å². The Hall–Kier alpha value is -2.62. The van der Waals surface area contributed by atoms with Crippen LogP contribution in [0.3, 0.4) is 0 Å². The molecule has 0 bridgehead atoms. The first-order valence-electron chi connectivity index (χ1n) is 5.83. The Morgan fingerprint density at radius 3 is 2.74 bits per heavy atom. The summed E-state index contributed by atoms with van der Waals surface area (Å²) in [5.41, 5.74) is 2.74. The van der Waals surface area contributed by atoms with Gasteiger partial charge in [-0.3, -0.25) is 4.98 Å². The summed E-state index contributed by atoms with van der Waals surface area (Å²) in [6.07, 6.45) is 1.33. The number of fused-ring (bicyclic) bond motifs is 1. The summed E-state index contributed by atoms with van der Waals surface area (Å²) in [4.78, 5) is 14.9. The first-order valence-corrected chi connectivity index (χ1v) is 5.83. The van der Waals surface area contributed by atoms with E-state index in [1.54, 1.807) is 6.07 Å². The normalized spacial score (nSPS) is 10.8. The summed E-state index contributed by atoms with van der Waals surface area (Å²) in [5, 5.41) is 9.84. The molecule has 3 aromatic rings. The summed E-state index contributed by atoms with van der Waals surface area (Å²) in [7, 11) is 0. The van der Waals surface area contributed by atoms with Gasteiger partial charge in [0.05, 0.1) is 5.56 Å². The molecule has 3 rings (SSSR count). The van der Waals surface area contributed by atoms with E-state index in [0.717, 1.165) is 16.5 Å². The molecule has 1 aromatic carbocycles. The lowest BCUT2D eigenvalue weighted by Gasteiger charge is -1.96. The molecule has 2 heterocycles. The monoisotopic (exact) mass is 253 g/mol. The molecule has 0 saturated heterocycles. The van der Waals surface area contributed by atoms with Crippen LogP contribution in [0.4, 0.5) is 0 Å². The Kier molecular flexibility index (Phi) is 2.56. The van der Waals surface area contributed by atoms with Crippen LogP contribution >= 0.6 is 0 Å². The zero-order valence-electron chi connectivity index (χ0n) is 10.3. The van der Waals surface area contributed by atoms with Gasteiger partial charge in [-0.1, -0.05) is 11.6 Å². The minimum Gasteiger partial charge on any atom is -0.478 e. The number of hydrogen-bond acceptors (Lipinski definition) is 3. The fraction of sp³-hybridized carbons (Fsp3) is 0.0667. The fourth-order valence-electron chi connectivity index (χ4n) is 1.96. The van der Waals surface area contributed by atoms with E-state index in [1.165, 1.54) is 12.3 Å². The number of aromatic carboxylic acids is 1. The van der Waals surface area contributed by atoms with Crippen molar-refractivity contribution >= 4 is 16.9 Å². The van der Waals surface area contributed by atoms with E-state index in [4.69, 9.17) is 9.52 Å². The van der Waals surface area contributed by atoms with E-state index in [-0.39, 0.29) is 5.56 Å². The predicted molar refractivity (Wildman–Crippen MR) is 71.1 cm³/mol. The van der Waals surface area contributed by atoms with Gasteiger partial charge < -0.3 is 9.52 Å². The number of furan rings is 1. The van der Waals surface area contributed by atoms with Gasteiger partial charge in [0.15, 0.2) is 5.76 Å². The molecule has 2 aromatic heterocycles. The number of hydrogen-bond donors (Lipinski definition) is 1. The Morgan fingerprint density at radius 1 is 1.21 bits per heavy atom. The van der Waals surface area contributed by atoms with Gasteiger partial charge in [0.1, 0.15) is 11.3 Å². The van der Waals surface area contributed by atoms with Crippen LogP contribution in [-0.4, -0.2) is 16.1 Å². The van der Waals surface area contributed by atoms with Crippen LogP contribution in [0.5, 0.6) is 0 Å². The predicted octanol–water partition coefficient (Wildman–Crippen LogP) is 3.50. The molecule has 0 aliphatic carbocycles. The first kappa shape index (κ1) is 11.5. The van der Waals surface area contributed by atoms with Gasteiger partial charge in [-0.15, -0.1) is 0 Å². The van der Waals surface area contributed by atoms with Crippen molar-refractivity contribution in [3.8, 4) is 11.5 Å². The second kappa shape index (κ2) is 4.24. The lowest BCUT2D eigenvalue weighted by atomic mass is 10.1. The molecule has 1 N–H and O–H groups in total. The Balaban J connectivity index is 2.06. The maximum atomic E-state index is 10.8. The van der Waals surface area contributed by atoms with Crippen LogP contribution in [0.2, 0.25) is 0 Å². The quantitative estimate of drug-likeness (QED) is 0.759. The van der Waals surface area contributed by atoms with E-state index in [2.05, 4.69) is 4.98 Å². The molecule has 0 fully saturated rings. The smallest absolute Gasteiger partial charge is 0.337 e. The van der Waals surface area contributed by atoms with E-state index in [0.29, 0.717) is 11.5 Å². The van der Waals surface area contributed by atoms with Crippen molar-refractivity contribution in [1.29, 1.82) is 0 Å². The number of aryl methyl sites for hydroxylation is 1. The molecular weight excluding hydrogens is 242 g/mol. The van der Waals surface area contributed by atoms with Crippen molar-refractivity contribution in [1.82, 2.24) is 4.98 Å². The molecule has 0 spiro atoms. The van der Waals surface area contributed by atoms with Gasteiger partial charge in [-0.25, -0.2) is 4.79 Å². The number of benzene rings is 1. The van der Waals surface area contributed by atoms with Crippen LogP contribution in [0.15, 0.2) is 47.0 Å². The van der Waals surface area contributed by atoms with Crippen molar-refractivity contribution in [2.24, 2.45) is 0 Å². The van der Waals surface area contributed by atoms with Gasteiger partial charge >= 0.3 is 5.97 Å². The zero-order valence-corrected chi connectivity index (χ0v) is 10.3. The van der Waals surface area contributed by atoms with Crippen LogP contribution < -0.4 is 0 Å². The van der Waals surface area contributed by atoms with Crippen molar-refractivity contribution in [2.45, 2.75) is 6.92 Å². The van der Waals surface area contributed by atoms with E-state index in [1.807, 2.05) is 31.2 Å². The van der Waals surface area contributed by atoms with Crippen molar-refractivity contribution in [3.05, 3.63) is 53.7 Å². The van der Waals surface area contributed by atoms with E-state index in [9.17, 15) is 4.79 Å². The third-order valence-electron chi connectivity index (χ3n) is 2.93. The minimum atomic E-state index is -0.987. The van der Waals surface area contributed by atoms with Gasteiger partial charge in [-0.2, -0.15) is 0 Å². The number of aromatic nitrogens is 1. The highest BCUT2D eigenvalue weighted by Crippen LogP contribution is 2.27. The lowest BCUT2D eigenvalue weighted by Crippen LogP contribution is -1.96. The van der Waals surface area contributed by atoms with Crippen LogP contribution in [0, 0.1) is 6.92 Å². The van der Waals surface area contributed by atoms with Gasteiger partial charge in [-0.05, 0) is 37.3 Å². The number of nitrogens with zero attached hydrogens (tertiary/aromatic N) is 1. The molecular formula is C15H11NO3. The molecule has 0 radical (unpaired) electrons. The minimum absolute atomic E-state index is 0.163. The van der Waals surface area contributed by atoms with Crippen molar-refractivity contribution in [2.75, 3.05) is 0 Å². The third-order valence-corrected chi connectivity index (χ3v) is 2.93. The fourth-order valence-corrected chi connectivity index (χ4v) is 1.96. The SMILES string of the molecule is Cc1ccc2oc(-c3ccc(C(=O)O)cn3)cc2c1. The van der Waals surface area contributed by atoms with Crippen LogP contribution in [0.25, 0.3) is 22.4 Å². The molecule has 0 saturated carbocycles. The number of pyridine rings is 1. The molecule has 0 aliphatic heterocycles. The van der Waals surface area contributed by atoms with Crippen molar-refractivity contribution in [3.63, 3.8) is 0 Å². The number of carboxylic acid groups (broad SMARTS) is 1. The summed E-state index contributed by atoms with van der Waals surface area (Å²) in [6.45, 7) is 2.02. The number of rotatable bonds is 2. The second-order valence-corrected chi connectivity index (χ2v) is 4.39. The second-order valence-electron chi connectivity index (χ2n) is 4.39. The van der Waals surface area contributed by atoms with Gasteiger partial charge in [0.2, 0.25) is 0 Å². The summed E-state index contributed by atoms with van der Waals surface area (Å²) in [5.74, 6) is -0.350. The Labute approximate surface area is 109 Å². The molecule has 94 valence electrons. The summed E-state index contributed by atoms with van der Waals surface area (Å²) >= 11 is 0. The van der Waals surface area contributed by atoms with Crippen molar-refractivity contribution < 1.29 is 14.3 Å². The molecule has 0 unspecified atom stereocenters. The Morgan fingerprint density at radius 2 is 2.05 bits per heavy atom. The zero-order chi connectivity index (χ0) is 13.4. The molecule has 4 heteroatoms. The lowest BCUT2D eigenvalue weighted by molar-refractivity contribution is 0.0696. The maximum absolute atomic E-state index is 10.8. The van der Waals surface area contributed by atoms with E-state index < -0.39 is 5.97 Å². The highest BCUT2D eigenvalue weighted by atomic mass is 16.4. The first-order chi connectivity index (χ1) is 9.13. The summed E-state index contributed by atoms with van der Waals surface area (Å²) < 4.78 is 5.70. The average Bonchev–Trinajstić information content (AvgIpc) is 2.81. The maximum Gasteiger partial charge on any atom is 0.337 e. The number of carbonyl (C=O) groups is 1. The highest BCUT2D eigenvalue weighted by molar-refractivity contribution is 5.88. The Bertz CT molecular complexity index is 757. The molecule has 0 amide bonds. The molecule has 19 heavy (non-hydrogen) atoms. The molecule has 0 atom stereocenters.